The lowest BCUT2D eigenvalue weighted by Crippen LogP contribution is -2.50. The van der Waals surface area contributed by atoms with Gasteiger partial charge in [-0.1, -0.05) is 0 Å². The number of hydrogen-bond acceptors (Lipinski definition) is 2. The van der Waals surface area contributed by atoms with Crippen molar-refractivity contribution in [1.29, 1.82) is 0 Å². The molecular formula is C16H18FNO. The van der Waals surface area contributed by atoms with Gasteiger partial charge in [-0.05, 0) is 62.3 Å². The van der Waals surface area contributed by atoms with E-state index < -0.39 is 5.82 Å². The molecule has 5 rings (SSSR count). The van der Waals surface area contributed by atoms with Crippen LogP contribution < -0.4 is 0 Å². The van der Waals surface area contributed by atoms with Gasteiger partial charge in [0.2, 0.25) is 0 Å². The molecule has 2 nitrogen and oxygen atoms in total. The third-order valence-corrected chi connectivity index (χ3v) is 5.54. The van der Waals surface area contributed by atoms with E-state index in [1.165, 1.54) is 25.5 Å². The van der Waals surface area contributed by atoms with Gasteiger partial charge in [0.25, 0.3) is 0 Å². The van der Waals surface area contributed by atoms with Crippen LogP contribution >= 0.6 is 0 Å². The van der Waals surface area contributed by atoms with Gasteiger partial charge >= 0.3 is 0 Å². The van der Waals surface area contributed by atoms with E-state index in [4.69, 9.17) is 0 Å². The second-order valence-corrected chi connectivity index (χ2v) is 6.88. The van der Waals surface area contributed by atoms with Gasteiger partial charge in [-0.2, -0.15) is 0 Å². The summed E-state index contributed by atoms with van der Waals surface area (Å²) in [5, 5.41) is 0. The number of Topliss-reactive ketones (excluding diaryl/α,β-unsaturated/α-hetero) is 1. The molecule has 19 heavy (non-hydrogen) atoms. The molecule has 0 aliphatic heterocycles. The lowest BCUT2D eigenvalue weighted by atomic mass is 9.48. The third kappa shape index (κ3) is 1.67. The van der Waals surface area contributed by atoms with E-state index in [2.05, 4.69) is 4.98 Å². The van der Waals surface area contributed by atoms with Crippen LogP contribution in [-0.2, 0) is 0 Å². The monoisotopic (exact) mass is 259 g/mol. The van der Waals surface area contributed by atoms with Crippen molar-refractivity contribution in [2.75, 3.05) is 0 Å². The Balaban J connectivity index is 1.72. The van der Waals surface area contributed by atoms with E-state index >= 15 is 0 Å². The maximum absolute atomic E-state index is 13.8. The Kier molecular flexibility index (Phi) is 2.36. The normalized spacial score (nSPS) is 39.5. The summed E-state index contributed by atoms with van der Waals surface area (Å²) in [6.07, 6.45) is 9.53. The maximum atomic E-state index is 13.8. The predicted molar refractivity (Wildman–Crippen MR) is 69.1 cm³/mol. The first-order valence-electron chi connectivity index (χ1n) is 7.31. The van der Waals surface area contributed by atoms with E-state index in [-0.39, 0.29) is 16.8 Å². The van der Waals surface area contributed by atoms with Gasteiger partial charge in [-0.15, -0.1) is 0 Å². The van der Waals surface area contributed by atoms with E-state index in [1.54, 1.807) is 6.07 Å². The Morgan fingerprint density at radius 1 is 1.16 bits per heavy atom. The highest BCUT2D eigenvalue weighted by molar-refractivity contribution is 6.01. The van der Waals surface area contributed by atoms with E-state index in [9.17, 15) is 9.18 Å². The molecule has 1 aromatic heterocycles. The van der Waals surface area contributed by atoms with Crippen molar-refractivity contribution in [2.45, 2.75) is 38.5 Å². The molecule has 0 spiro atoms. The first kappa shape index (κ1) is 11.6. The third-order valence-electron chi connectivity index (χ3n) is 5.54. The molecule has 0 aromatic carbocycles. The topological polar surface area (TPSA) is 30.0 Å². The van der Waals surface area contributed by atoms with Crippen LogP contribution in [0.15, 0.2) is 18.5 Å². The van der Waals surface area contributed by atoms with Crippen molar-refractivity contribution in [3.8, 4) is 0 Å². The smallest absolute Gasteiger partial charge is 0.172 e. The molecule has 1 aromatic rings. The lowest BCUT2D eigenvalue weighted by Gasteiger charge is -2.55. The quantitative estimate of drug-likeness (QED) is 0.759. The molecule has 100 valence electrons. The number of nitrogens with zero attached hydrogens (tertiary/aromatic N) is 1. The Hall–Kier alpha value is -1.25. The van der Waals surface area contributed by atoms with Gasteiger partial charge in [-0.25, -0.2) is 4.39 Å². The fourth-order valence-electron chi connectivity index (χ4n) is 5.23. The van der Waals surface area contributed by atoms with Crippen molar-refractivity contribution in [2.24, 2.45) is 23.2 Å². The van der Waals surface area contributed by atoms with Gasteiger partial charge in [0, 0.05) is 11.6 Å². The molecule has 4 bridgehead atoms. The molecule has 3 heteroatoms. The van der Waals surface area contributed by atoms with Crippen LogP contribution in [0.3, 0.4) is 0 Å². The molecule has 4 saturated carbocycles. The number of hydrogen-bond donors (Lipinski definition) is 0. The van der Waals surface area contributed by atoms with Crippen molar-refractivity contribution in [3.05, 3.63) is 29.8 Å². The SMILES string of the molecule is O=C(c1ccncc1F)C12CC3CC(CC(C3)C1)C2. The Morgan fingerprint density at radius 3 is 2.26 bits per heavy atom. The number of carbonyl (C=O) groups excluding carboxylic acids is 1. The van der Waals surface area contributed by atoms with Gasteiger partial charge in [0.1, 0.15) is 0 Å². The zero-order chi connectivity index (χ0) is 13.0. The minimum atomic E-state index is -0.455. The number of pyridine rings is 1. The molecule has 0 atom stereocenters. The largest absolute Gasteiger partial charge is 0.293 e. The van der Waals surface area contributed by atoms with Crippen molar-refractivity contribution < 1.29 is 9.18 Å². The van der Waals surface area contributed by atoms with Gasteiger partial charge in [-0.3, -0.25) is 9.78 Å². The summed E-state index contributed by atoms with van der Waals surface area (Å²) in [4.78, 5) is 16.6. The van der Waals surface area contributed by atoms with E-state index in [1.807, 2.05) is 0 Å². The summed E-state index contributed by atoms with van der Waals surface area (Å²) in [5.74, 6) is 1.72. The molecule has 0 saturated heterocycles. The first-order valence-corrected chi connectivity index (χ1v) is 7.31. The van der Waals surface area contributed by atoms with Crippen LogP contribution in [0.1, 0.15) is 48.9 Å². The Bertz CT molecular complexity index is 504. The minimum Gasteiger partial charge on any atom is -0.293 e. The lowest BCUT2D eigenvalue weighted by molar-refractivity contribution is -0.0355. The standard InChI is InChI=1S/C16H18FNO/c17-14-9-18-2-1-13(14)15(19)16-6-10-3-11(7-16)5-12(4-10)8-16/h1-2,9-12H,3-8H2. The van der Waals surface area contributed by atoms with Crippen LogP contribution in [0.2, 0.25) is 0 Å². The molecule has 0 amide bonds. The Morgan fingerprint density at radius 2 is 1.74 bits per heavy atom. The fourth-order valence-corrected chi connectivity index (χ4v) is 5.23. The number of halogens is 1. The average Bonchev–Trinajstić information content (AvgIpc) is 2.37. The van der Waals surface area contributed by atoms with E-state index in [0.29, 0.717) is 17.8 Å². The number of aromatic nitrogens is 1. The summed E-state index contributed by atoms with van der Waals surface area (Å²) in [6, 6.07) is 1.55. The first-order chi connectivity index (χ1) is 9.16. The molecule has 0 radical (unpaired) electrons. The highest BCUT2D eigenvalue weighted by atomic mass is 19.1. The van der Waals surface area contributed by atoms with Crippen molar-refractivity contribution in [1.82, 2.24) is 4.98 Å². The summed E-state index contributed by atoms with van der Waals surface area (Å²) in [6.45, 7) is 0. The van der Waals surface area contributed by atoms with E-state index in [0.717, 1.165) is 25.5 Å². The highest BCUT2D eigenvalue weighted by Gasteiger charge is 2.54. The predicted octanol–water partition coefficient (Wildman–Crippen LogP) is 3.62. The average molecular weight is 259 g/mol. The second-order valence-electron chi connectivity index (χ2n) is 6.88. The molecule has 4 aliphatic rings. The molecular weight excluding hydrogens is 241 g/mol. The second kappa shape index (κ2) is 3.87. The van der Waals surface area contributed by atoms with Crippen molar-refractivity contribution >= 4 is 5.78 Å². The fraction of sp³-hybridized carbons (Fsp3) is 0.625. The Labute approximate surface area is 112 Å². The molecule has 4 aliphatic carbocycles. The number of carbonyl (C=O) groups is 1. The summed E-state index contributed by atoms with van der Waals surface area (Å²) in [7, 11) is 0. The maximum Gasteiger partial charge on any atom is 0.172 e. The zero-order valence-corrected chi connectivity index (χ0v) is 10.9. The van der Waals surface area contributed by atoms with Crippen molar-refractivity contribution in [3.63, 3.8) is 0 Å². The van der Waals surface area contributed by atoms with Gasteiger partial charge in [0.05, 0.1) is 11.8 Å². The van der Waals surface area contributed by atoms with Gasteiger partial charge in [0.15, 0.2) is 11.6 Å². The van der Waals surface area contributed by atoms with Crippen LogP contribution in [0.25, 0.3) is 0 Å². The summed E-state index contributed by atoms with van der Waals surface area (Å²) >= 11 is 0. The number of ketones is 1. The molecule has 4 fully saturated rings. The van der Waals surface area contributed by atoms with Crippen LogP contribution in [0.5, 0.6) is 0 Å². The minimum absolute atomic E-state index is 0.0477. The van der Waals surface area contributed by atoms with Crippen LogP contribution in [-0.4, -0.2) is 10.8 Å². The summed E-state index contributed by atoms with van der Waals surface area (Å²) < 4.78 is 13.8. The molecule has 0 unspecified atom stereocenters. The molecule has 1 heterocycles. The number of rotatable bonds is 2. The zero-order valence-electron chi connectivity index (χ0n) is 10.9. The van der Waals surface area contributed by atoms with Crippen LogP contribution in [0, 0.1) is 29.0 Å². The summed E-state index contributed by atoms with van der Waals surface area (Å²) in [5.41, 5.74) is 0.00803. The molecule has 0 N–H and O–H groups in total. The van der Waals surface area contributed by atoms with Gasteiger partial charge < -0.3 is 0 Å². The van der Waals surface area contributed by atoms with Crippen LogP contribution in [0.4, 0.5) is 4.39 Å². The highest BCUT2D eigenvalue weighted by Crippen LogP contribution is 2.60.